The second-order valence-electron chi connectivity index (χ2n) is 11.3. The summed E-state index contributed by atoms with van der Waals surface area (Å²) in [6.07, 6.45) is 1.15. The van der Waals surface area contributed by atoms with Gasteiger partial charge in [0.25, 0.3) is 11.8 Å². The molecule has 3 aromatic rings. The molecule has 4 bridgehead atoms. The third-order valence-electron chi connectivity index (χ3n) is 7.97. The number of para-hydroxylation sites is 1. The van der Waals surface area contributed by atoms with E-state index in [-0.39, 0.29) is 61.5 Å². The second-order valence-corrected chi connectivity index (χ2v) is 11.3. The molecule has 3 aliphatic heterocycles. The van der Waals surface area contributed by atoms with E-state index in [0.29, 0.717) is 60.9 Å². The molecule has 0 unspecified atom stereocenters. The van der Waals surface area contributed by atoms with E-state index in [9.17, 15) is 19.2 Å². The topological polar surface area (TPSA) is 145 Å². The standard InChI is InChI=1S/C35H39FN4O8/c1-3-26-34(43)38-21-22-10-12-27(25(36)19-22)48-30-20-23(11-13-28(30)45-2)33(42)37-14-6-16-40(15-5-9-31(41)39-26)35(44)24-7-4-8-29-32(24)47-18-17-46-29/h4,7-8,10-13,19-20,26H,3,5-6,9,14-18,21H2,1-2H3,(H,37,42)(H,38,43)(H,39,41)/t26-/m0/s1. The number of nitrogens with one attached hydrogen (secondary N) is 3. The van der Waals surface area contributed by atoms with Crippen LogP contribution >= 0.6 is 0 Å². The van der Waals surface area contributed by atoms with Crippen LogP contribution in [0.3, 0.4) is 0 Å². The van der Waals surface area contributed by atoms with E-state index in [2.05, 4.69) is 16.0 Å². The first-order valence-corrected chi connectivity index (χ1v) is 15.9. The number of rotatable bonds is 3. The number of hydrogen-bond donors (Lipinski definition) is 3. The fourth-order valence-corrected chi connectivity index (χ4v) is 5.42. The molecule has 0 radical (unpaired) electrons. The van der Waals surface area contributed by atoms with Crippen LogP contribution in [0.4, 0.5) is 4.39 Å². The van der Waals surface area contributed by atoms with E-state index < -0.39 is 23.7 Å². The number of carbonyl (C=O) groups excluding carboxylic acids is 4. The summed E-state index contributed by atoms with van der Waals surface area (Å²) in [5, 5.41) is 8.36. The third-order valence-corrected chi connectivity index (χ3v) is 7.97. The van der Waals surface area contributed by atoms with Gasteiger partial charge in [0.1, 0.15) is 19.3 Å². The van der Waals surface area contributed by atoms with E-state index in [0.717, 1.165) is 0 Å². The molecular formula is C35H39FN4O8. The molecule has 0 fully saturated rings. The largest absolute Gasteiger partial charge is 0.493 e. The number of fused-ring (bicyclic) bond motifs is 17. The number of benzene rings is 3. The minimum absolute atomic E-state index is 0.0242. The van der Waals surface area contributed by atoms with Crippen molar-refractivity contribution >= 4 is 23.6 Å². The van der Waals surface area contributed by atoms with Crippen LogP contribution in [-0.4, -0.2) is 74.5 Å². The second kappa shape index (κ2) is 16.0. The minimum Gasteiger partial charge on any atom is -0.493 e. The summed E-state index contributed by atoms with van der Waals surface area (Å²) >= 11 is 0. The quantitative estimate of drug-likeness (QED) is 0.383. The Hall–Kier alpha value is -5.33. The summed E-state index contributed by atoms with van der Waals surface area (Å²) in [4.78, 5) is 54.3. The van der Waals surface area contributed by atoms with Gasteiger partial charge in [-0.05, 0) is 67.3 Å². The first-order valence-electron chi connectivity index (χ1n) is 15.9. The van der Waals surface area contributed by atoms with Crippen LogP contribution in [-0.2, 0) is 16.1 Å². The van der Waals surface area contributed by atoms with Crippen LogP contribution in [0.1, 0.15) is 58.9 Å². The fraction of sp³-hybridized carbons (Fsp3) is 0.371. The van der Waals surface area contributed by atoms with Crippen molar-refractivity contribution in [3.63, 3.8) is 0 Å². The number of nitrogens with zero attached hydrogens (tertiary/aromatic N) is 1. The van der Waals surface area contributed by atoms with Gasteiger partial charge in [0.15, 0.2) is 34.6 Å². The molecule has 13 heteroatoms. The molecule has 4 amide bonds. The third kappa shape index (κ3) is 8.33. The molecule has 3 N–H and O–H groups in total. The molecule has 0 saturated heterocycles. The minimum atomic E-state index is -0.791. The zero-order chi connectivity index (χ0) is 34.0. The van der Waals surface area contributed by atoms with Crippen molar-refractivity contribution in [3.05, 3.63) is 77.1 Å². The van der Waals surface area contributed by atoms with Crippen LogP contribution < -0.4 is 34.9 Å². The van der Waals surface area contributed by atoms with Crippen molar-refractivity contribution < 1.29 is 42.5 Å². The predicted octanol–water partition coefficient (Wildman–Crippen LogP) is 3.96. The molecule has 1 atom stereocenters. The van der Waals surface area contributed by atoms with Crippen molar-refractivity contribution in [1.82, 2.24) is 20.9 Å². The van der Waals surface area contributed by atoms with Crippen molar-refractivity contribution in [1.29, 1.82) is 0 Å². The van der Waals surface area contributed by atoms with Crippen molar-refractivity contribution in [2.75, 3.05) is 40.0 Å². The Morgan fingerprint density at radius 1 is 0.958 bits per heavy atom. The van der Waals surface area contributed by atoms with E-state index >= 15 is 4.39 Å². The van der Waals surface area contributed by atoms with Crippen molar-refractivity contribution in [2.45, 2.75) is 45.2 Å². The predicted molar refractivity (Wildman–Crippen MR) is 173 cm³/mol. The SMILES string of the molecule is CC[C@@H]1NC(=O)CCCN(C(=O)c2cccc3c2OCCO3)CCCNC(=O)c2ccc(OC)c(c2)Oc2ccc(cc2F)CNC1=O. The van der Waals surface area contributed by atoms with Gasteiger partial charge < -0.3 is 39.8 Å². The fourth-order valence-electron chi connectivity index (χ4n) is 5.42. The smallest absolute Gasteiger partial charge is 0.257 e. The Labute approximate surface area is 277 Å². The highest BCUT2D eigenvalue weighted by Gasteiger charge is 2.25. The Morgan fingerprint density at radius 3 is 2.56 bits per heavy atom. The zero-order valence-electron chi connectivity index (χ0n) is 26.9. The molecule has 3 heterocycles. The van der Waals surface area contributed by atoms with Gasteiger partial charge in [-0.3, -0.25) is 19.2 Å². The molecule has 254 valence electrons. The summed E-state index contributed by atoms with van der Waals surface area (Å²) in [7, 11) is 1.44. The molecule has 0 aliphatic carbocycles. The molecule has 3 aliphatic rings. The molecule has 0 spiro atoms. The summed E-state index contributed by atoms with van der Waals surface area (Å²) < 4.78 is 37.7. The normalized spacial score (nSPS) is 17.8. The van der Waals surface area contributed by atoms with Crippen LogP contribution in [0.15, 0.2) is 54.6 Å². The van der Waals surface area contributed by atoms with Crippen molar-refractivity contribution in [3.8, 4) is 28.7 Å². The van der Waals surface area contributed by atoms with Crippen LogP contribution in [0.2, 0.25) is 0 Å². The summed E-state index contributed by atoms with van der Waals surface area (Å²) in [6, 6.07) is 13.2. The molecule has 6 rings (SSSR count). The van der Waals surface area contributed by atoms with E-state index in [1.165, 1.54) is 25.3 Å². The van der Waals surface area contributed by atoms with Crippen LogP contribution in [0.25, 0.3) is 0 Å². The van der Waals surface area contributed by atoms with Gasteiger partial charge in [0.05, 0.1) is 12.7 Å². The van der Waals surface area contributed by atoms with E-state index in [4.69, 9.17) is 18.9 Å². The Bertz CT molecular complexity index is 1670. The molecular weight excluding hydrogens is 623 g/mol. The first-order chi connectivity index (χ1) is 23.3. The van der Waals surface area contributed by atoms with Gasteiger partial charge in [-0.25, -0.2) is 4.39 Å². The summed E-state index contributed by atoms with van der Waals surface area (Å²) in [5.41, 5.74) is 1.09. The van der Waals surface area contributed by atoms with E-state index in [1.807, 2.05) is 0 Å². The lowest BCUT2D eigenvalue weighted by Gasteiger charge is -2.26. The highest BCUT2D eigenvalue weighted by atomic mass is 19.1. The first kappa shape index (κ1) is 34.0. The molecule has 48 heavy (non-hydrogen) atoms. The number of halogens is 1. The maximum atomic E-state index is 15.1. The van der Waals surface area contributed by atoms with Gasteiger partial charge in [0.2, 0.25) is 11.8 Å². The number of methoxy groups -OCH3 is 1. The summed E-state index contributed by atoms with van der Waals surface area (Å²) in [5.74, 6) is -0.910. The number of ether oxygens (including phenoxy) is 4. The van der Waals surface area contributed by atoms with Crippen molar-refractivity contribution in [2.24, 2.45) is 0 Å². The lowest BCUT2D eigenvalue weighted by Crippen LogP contribution is -2.46. The van der Waals surface area contributed by atoms with Gasteiger partial charge in [-0.15, -0.1) is 0 Å². The number of hydrogen-bond acceptors (Lipinski definition) is 8. The van der Waals surface area contributed by atoms with Gasteiger partial charge in [-0.2, -0.15) is 0 Å². The summed E-state index contributed by atoms with van der Waals surface area (Å²) in [6.45, 7) is 3.25. The Balaban J connectivity index is 1.38. The zero-order valence-corrected chi connectivity index (χ0v) is 26.9. The maximum Gasteiger partial charge on any atom is 0.257 e. The lowest BCUT2D eigenvalue weighted by molar-refractivity contribution is -0.129. The van der Waals surface area contributed by atoms with Gasteiger partial charge in [-0.1, -0.05) is 19.1 Å². The maximum absolute atomic E-state index is 15.1. The monoisotopic (exact) mass is 662 g/mol. The Kier molecular flexibility index (Phi) is 11.3. The van der Waals surface area contributed by atoms with Crippen LogP contribution in [0, 0.1) is 5.82 Å². The Morgan fingerprint density at radius 2 is 1.77 bits per heavy atom. The highest BCUT2D eigenvalue weighted by Crippen LogP contribution is 2.35. The average molecular weight is 663 g/mol. The molecule has 3 aromatic carbocycles. The van der Waals surface area contributed by atoms with Gasteiger partial charge >= 0.3 is 0 Å². The molecule has 12 nitrogen and oxygen atoms in total. The highest BCUT2D eigenvalue weighted by molar-refractivity contribution is 5.98. The molecule has 0 aromatic heterocycles. The number of carbonyl (C=O) groups is 4. The average Bonchev–Trinajstić information content (AvgIpc) is 3.10. The van der Waals surface area contributed by atoms with E-state index in [1.54, 1.807) is 48.2 Å². The lowest BCUT2D eigenvalue weighted by atomic mass is 10.1. The van der Waals surface area contributed by atoms with Crippen LogP contribution in [0.5, 0.6) is 28.7 Å². The molecule has 0 saturated carbocycles. The number of amides is 4. The van der Waals surface area contributed by atoms with Gasteiger partial charge in [0, 0.05) is 38.2 Å².